The van der Waals surface area contributed by atoms with E-state index in [9.17, 15) is 14.0 Å². The molecule has 7 nitrogen and oxygen atoms in total. The second-order valence-electron chi connectivity index (χ2n) is 7.20. The second-order valence-corrected chi connectivity index (χ2v) is 7.20. The highest BCUT2D eigenvalue weighted by Crippen LogP contribution is 2.25. The first-order valence-corrected chi connectivity index (χ1v) is 9.45. The maximum absolute atomic E-state index is 13.5. The van der Waals surface area contributed by atoms with Crippen LogP contribution in [0.1, 0.15) is 41.7 Å². The van der Waals surface area contributed by atoms with Crippen molar-refractivity contribution >= 4 is 17.4 Å². The van der Waals surface area contributed by atoms with Gasteiger partial charge in [0.15, 0.2) is 5.69 Å². The first-order chi connectivity index (χ1) is 13.5. The van der Waals surface area contributed by atoms with E-state index in [1.165, 1.54) is 22.7 Å². The van der Waals surface area contributed by atoms with Crippen molar-refractivity contribution in [2.75, 3.05) is 12.3 Å². The Morgan fingerprint density at radius 3 is 2.82 bits per heavy atom. The number of fused-ring (bicyclic) bond motifs is 1. The van der Waals surface area contributed by atoms with Gasteiger partial charge in [-0.3, -0.25) is 9.59 Å². The summed E-state index contributed by atoms with van der Waals surface area (Å²) >= 11 is 0. The van der Waals surface area contributed by atoms with Crippen molar-refractivity contribution in [3.63, 3.8) is 0 Å². The number of benzene rings is 1. The van der Waals surface area contributed by atoms with E-state index in [-0.39, 0.29) is 34.8 Å². The lowest BCUT2D eigenvalue weighted by Gasteiger charge is -2.28. The van der Waals surface area contributed by atoms with E-state index >= 15 is 0 Å². The number of aromatic nitrogens is 3. The normalized spacial score (nSPS) is 14.6. The highest BCUT2D eigenvalue weighted by atomic mass is 19.1. The summed E-state index contributed by atoms with van der Waals surface area (Å²) < 4.78 is 14.8. The summed E-state index contributed by atoms with van der Waals surface area (Å²) in [6.07, 6.45) is 4.62. The molecule has 146 valence electrons. The number of nitrogens with one attached hydrogen (secondary N) is 1. The molecule has 8 heteroatoms. The summed E-state index contributed by atoms with van der Waals surface area (Å²) in [5.41, 5.74) is 6.95. The zero-order valence-corrected chi connectivity index (χ0v) is 15.4. The molecule has 1 aliphatic carbocycles. The average molecular weight is 383 g/mol. The van der Waals surface area contributed by atoms with E-state index in [4.69, 9.17) is 5.73 Å². The minimum atomic E-state index is -0.345. The fourth-order valence-corrected chi connectivity index (χ4v) is 3.88. The molecule has 0 saturated heterocycles. The third-order valence-corrected chi connectivity index (χ3v) is 5.26. The number of aromatic amines is 1. The Bertz CT molecular complexity index is 1070. The molecule has 0 atom stereocenters. The van der Waals surface area contributed by atoms with Gasteiger partial charge >= 0.3 is 0 Å². The number of hydrogen-bond acceptors (Lipinski definition) is 4. The van der Waals surface area contributed by atoms with Crippen LogP contribution in [0, 0.1) is 5.82 Å². The van der Waals surface area contributed by atoms with Crippen molar-refractivity contribution in [3.8, 4) is 0 Å². The molecule has 1 saturated carbocycles. The van der Waals surface area contributed by atoms with Gasteiger partial charge in [0, 0.05) is 24.7 Å². The lowest BCUT2D eigenvalue weighted by atomic mass is 10.1. The fourth-order valence-electron chi connectivity index (χ4n) is 3.88. The number of nitrogens with zero attached hydrogens (tertiary/aromatic N) is 3. The van der Waals surface area contributed by atoms with Crippen molar-refractivity contribution in [1.29, 1.82) is 0 Å². The lowest BCUT2D eigenvalue weighted by molar-refractivity contribution is 0.0677. The van der Waals surface area contributed by atoms with Crippen molar-refractivity contribution in [1.82, 2.24) is 19.5 Å². The predicted octanol–water partition coefficient (Wildman–Crippen LogP) is 2.37. The smallest absolute Gasteiger partial charge is 0.274 e. The summed E-state index contributed by atoms with van der Waals surface area (Å²) in [7, 11) is 0. The van der Waals surface area contributed by atoms with Crippen LogP contribution in [0.4, 0.5) is 10.2 Å². The molecule has 1 aromatic carbocycles. The van der Waals surface area contributed by atoms with Crippen LogP contribution in [0.15, 0.2) is 41.2 Å². The molecule has 1 fully saturated rings. The molecule has 1 aliphatic rings. The van der Waals surface area contributed by atoms with Gasteiger partial charge in [-0.25, -0.2) is 8.91 Å². The molecule has 0 spiro atoms. The second kappa shape index (κ2) is 7.46. The molecule has 0 aliphatic heterocycles. The minimum absolute atomic E-state index is 0.141. The molecule has 4 rings (SSSR count). The molecule has 28 heavy (non-hydrogen) atoms. The number of halogens is 1. The fraction of sp³-hybridized carbons (Fsp3) is 0.350. The lowest BCUT2D eigenvalue weighted by Crippen LogP contribution is -2.40. The molecular formula is C20H22FN5O2. The number of hydrogen-bond donors (Lipinski definition) is 2. The number of nitrogen functional groups attached to an aromatic ring is 1. The maximum Gasteiger partial charge on any atom is 0.274 e. The third kappa shape index (κ3) is 3.62. The molecule has 0 unspecified atom stereocenters. The zero-order valence-electron chi connectivity index (χ0n) is 15.4. The first kappa shape index (κ1) is 18.2. The zero-order chi connectivity index (χ0) is 19.7. The number of carbonyl (C=O) groups excluding carboxylic acids is 1. The number of amides is 1. The van der Waals surface area contributed by atoms with Crippen LogP contribution < -0.4 is 11.3 Å². The van der Waals surface area contributed by atoms with Gasteiger partial charge in [0.05, 0.1) is 0 Å². The molecule has 3 aromatic rings. The van der Waals surface area contributed by atoms with E-state index in [0.29, 0.717) is 18.6 Å². The molecule has 2 heterocycles. The van der Waals surface area contributed by atoms with Gasteiger partial charge in [0.25, 0.3) is 11.5 Å². The molecule has 0 radical (unpaired) electrons. The first-order valence-electron chi connectivity index (χ1n) is 9.45. The predicted molar refractivity (Wildman–Crippen MR) is 104 cm³/mol. The Hall–Kier alpha value is -3.16. The summed E-state index contributed by atoms with van der Waals surface area (Å²) in [6.45, 7) is 0.479. The van der Waals surface area contributed by atoms with Crippen LogP contribution in [-0.2, 0) is 6.42 Å². The van der Waals surface area contributed by atoms with Crippen molar-refractivity contribution in [2.24, 2.45) is 0 Å². The minimum Gasteiger partial charge on any atom is -0.383 e. The summed E-state index contributed by atoms with van der Waals surface area (Å²) in [5, 5.41) is 4.29. The van der Waals surface area contributed by atoms with Gasteiger partial charge < -0.3 is 15.6 Å². The highest BCUT2D eigenvalue weighted by molar-refractivity contribution is 5.93. The maximum atomic E-state index is 13.5. The van der Waals surface area contributed by atoms with Crippen LogP contribution >= 0.6 is 0 Å². The Kier molecular flexibility index (Phi) is 4.85. The monoisotopic (exact) mass is 383 g/mol. The number of H-pyrrole nitrogens is 1. The van der Waals surface area contributed by atoms with E-state index < -0.39 is 0 Å². The third-order valence-electron chi connectivity index (χ3n) is 5.26. The van der Waals surface area contributed by atoms with Crippen LogP contribution in [0.25, 0.3) is 5.65 Å². The molecule has 2 aromatic heterocycles. The van der Waals surface area contributed by atoms with E-state index in [1.54, 1.807) is 12.1 Å². The quantitative estimate of drug-likeness (QED) is 0.707. The van der Waals surface area contributed by atoms with Crippen molar-refractivity contribution < 1.29 is 9.18 Å². The van der Waals surface area contributed by atoms with Gasteiger partial charge in [-0.2, -0.15) is 5.10 Å². The standard InChI is InChI=1S/C20H22FN5O2/c21-14-5-3-4-13(10-14)8-9-25(15-6-1-2-7-15)20(28)16-11-18-23-19(27)12-17(22)26(18)24-16/h3-5,10-12,15H,1-2,6-9,22H2,(H,23,27). The van der Waals surface area contributed by atoms with Crippen LogP contribution in [-0.4, -0.2) is 38.0 Å². The Labute approximate surface area is 161 Å². The average Bonchev–Trinajstić information content (AvgIpc) is 3.31. The SMILES string of the molecule is Nc1cc(=O)[nH]c2cc(C(=O)N(CCc3cccc(F)c3)C3CCCC3)nn12. The molecule has 1 amide bonds. The van der Waals surface area contributed by atoms with Crippen LogP contribution in [0.3, 0.4) is 0 Å². The van der Waals surface area contributed by atoms with Gasteiger partial charge in [-0.15, -0.1) is 0 Å². The largest absolute Gasteiger partial charge is 0.383 e. The van der Waals surface area contributed by atoms with E-state index in [2.05, 4.69) is 10.1 Å². The van der Waals surface area contributed by atoms with Crippen molar-refractivity contribution in [2.45, 2.75) is 38.1 Å². The van der Waals surface area contributed by atoms with Gasteiger partial charge in [0.2, 0.25) is 0 Å². The number of rotatable bonds is 5. The number of anilines is 1. The van der Waals surface area contributed by atoms with E-state index in [1.807, 2.05) is 11.0 Å². The molecule has 0 bridgehead atoms. The van der Waals surface area contributed by atoms with Crippen LogP contribution in [0.5, 0.6) is 0 Å². The number of carbonyl (C=O) groups is 1. The summed E-state index contributed by atoms with van der Waals surface area (Å²) in [5.74, 6) is -0.312. The van der Waals surface area contributed by atoms with Gasteiger partial charge in [-0.1, -0.05) is 25.0 Å². The van der Waals surface area contributed by atoms with Crippen LogP contribution in [0.2, 0.25) is 0 Å². The summed E-state index contributed by atoms with van der Waals surface area (Å²) in [4.78, 5) is 29.3. The Morgan fingerprint density at radius 2 is 2.07 bits per heavy atom. The van der Waals surface area contributed by atoms with Gasteiger partial charge in [-0.05, 0) is 37.0 Å². The Morgan fingerprint density at radius 1 is 1.29 bits per heavy atom. The van der Waals surface area contributed by atoms with Gasteiger partial charge in [0.1, 0.15) is 17.3 Å². The topological polar surface area (TPSA) is 96.5 Å². The molecular weight excluding hydrogens is 361 g/mol. The molecule has 3 N–H and O–H groups in total. The Balaban J connectivity index is 1.61. The van der Waals surface area contributed by atoms with Crippen molar-refractivity contribution in [3.05, 3.63) is 63.8 Å². The highest BCUT2D eigenvalue weighted by Gasteiger charge is 2.29. The van der Waals surface area contributed by atoms with E-state index in [0.717, 1.165) is 31.2 Å². The summed E-state index contributed by atoms with van der Waals surface area (Å²) in [6, 6.07) is 9.35. The number of nitrogens with two attached hydrogens (primary N) is 1.